The van der Waals surface area contributed by atoms with E-state index >= 15 is 0 Å². The molecule has 116 valence electrons. The molecule has 2 aromatic rings. The minimum absolute atomic E-state index is 0.0737. The SMILES string of the molecule is CCn1nc(C)c2nc(C(C)Cl)n(C3CCC(SC)C3)c21. The van der Waals surface area contributed by atoms with Gasteiger partial charge in [0.2, 0.25) is 0 Å². The van der Waals surface area contributed by atoms with Crippen LogP contribution in [-0.2, 0) is 6.54 Å². The third kappa shape index (κ3) is 2.48. The third-order valence-corrected chi connectivity index (χ3v) is 5.77. The Hall–Kier alpha value is -0.680. The molecule has 1 saturated carbocycles. The fourth-order valence-corrected chi connectivity index (χ4v) is 4.37. The highest BCUT2D eigenvalue weighted by Crippen LogP contribution is 2.40. The molecule has 1 aliphatic carbocycles. The van der Waals surface area contributed by atoms with Gasteiger partial charge in [0.1, 0.15) is 11.3 Å². The maximum Gasteiger partial charge on any atom is 0.159 e. The lowest BCUT2D eigenvalue weighted by molar-refractivity contribution is 0.495. The molecule has 2 heterocycles. The van der Waals surface area contributed by atoms with Gasteiger partial charge >= 0.3 is 0 Å². The van der Waals surface area contributed by atoms with Crippen molar-refractivity contribution in [2.45, 2.75) is 63.2 Å². The highest BCUT2D eigenvalue weighted by molar-refractivity contribution is 7.99. The highest BCUT2D eigenvalue weighted by Gasteiger charge is 2.31. The lowest BCUT2D eigenvalue weighted by Crippen LogP contribution is -2.14. The fourth-order valence-electron chi connectivity index (χ4n) is 3.43. The van der Waals surface area contributed by atoms with Crippen LogP contribution in [0, 0.1) is 6.92 Å². The van der Waals surface area contributed by atoms with Crippen LogP contribution in [0.4, 0.5) is 0 Å². The number of nitrogens with zero attached hydrogens (tertiary/aromatic N) is 4. The minimum Gasteiger partial charge on any atom is -0.308 e. The molecule has 0 saturated heterocycles. The normalized spacial score (nSPS) is 24.0. The van der Waals surface area contributed by atoms with Crippen LogP contribution in [0.3, 0.4) is 0 Å². The molecule has 6 heteroatoms. The number of aromatic nitrogens is 4. The Morgan fingerprint density at radius 1 is 1.43 bits per heavy atom. The van der Waals surface area contributed by atoms with Gasteiger partial charge in [-0.25, -0.2) is 9.67 Å². The summed E-state index contributed by atoms with van der Waals surface area (Å²) in [5.41, 5.74) is 3.18. The zero-order valence-electron chi connectivity index (χ0n) is 13.1. The number of imidazole rings is 1. The van der Waals surface area contributed by atoms with Gasteiger partial charge in [-0.15, -0.1) is 11.6 Å². The van der Waals surface area contributed by atoms with Crippen molar-refractivity contribution in [1.29, 1.82) is 0 Å². The van der Waals surface area contributed by atoms with E-state index in [9.17, 15) is 0 Å². The number of rotatable bonds is 4. The number of fused-ring (bicyclic) bond motifs is 1. The minimum atomic E-state index is -0.0737. The number of hydrogen-bond acceptors (Lipinski definition) is 3. The number of thioether (sulfide) groups is 1. The smallest absolute Gasteiger partial charge is 0.159 e. The Kier molecular flexibility index (Phi) is 4.23. The molecule has 0 spiro atoms. The largest absolute Gasteiger partial charge is 0.308 e. The molecule has 0 aromatic carbocycles. The van der Waals surface area contributed by atoms with Gasteiger partial charge in [-0.2, -0.15) is 16.9 Å². The van der Waals surface area contributed by atoms with E-state index in [1.54, 1.807) is 0 Å². The van der Waals surface area contributed by atoms with Crippen LogP contribution in [0.15, 0.2) is 0 Å². The fraction of sp³-hybridized carbons (Fsp3) is 0.733. The van der Waals surface area contributed by atoms with Crippen molar-refractivity contribution in [1.82, 2.24) is 19.3 Å². The van der Waals surface area contributed by atoms with Crippen LogP contribution in [0.1, 0.15) is 56.0 Å². The second kappa shape index (κ2) is 5.84. The molecule has 3 unspecified atom stereocenters. The summed E-state index contributed by atoms with van der Waals surface area (Å²) in [7, 11) is 0. The van der Waals surface area contributed by atoms with Crippen molar-refractivity contribution in [2.24, 2.45) is 0 Å². The molecule has 1 fully saturated rings. The quantitative estimate of drug-likeness (QED) is 0.785. The summed E-state index contributed by atoms with van der Waals surface area (Å²) in [6.45, 7) is 7.05. The van der Waals surface area contributed by atoms with Crippen molar-refractivity contribution in [2.75, 3.05) is 6.26 Å². The van der Waals surface area contributed by atoms with Gasteiger partial charge in [0.05, 0.1) is 11.1 Å². The topological polar surface area (TPSA) is 35.6 Å². The number of alkyl halides is 1. The Morgan fingerprint density at radius 3 is 2.76 bits per heavy atom. The molecule has 0 bridgehead atoms. The maximum atomic E-state index is 6.42. The molecule has 0 aliphatic heterocycles. The van der Waals surface area contributed by atoms with Gasteiger partial charge in [-0.05, 0) is 46.3 Å². The Balaban J connectivity index is 2.16. The van der Waals surface area contributed by atoms with E-state index in [-0.39, 0.29) is 5.38 Å². The summed E-state index contributed by atoms with van der Waals surface area (Å²) in [4.78, 5) is 4.82. The maximum absolute atomic E-state index is 6.42. The highest BCUT2D eigenvalue weighted by atomic mass is 35.5. The Bertz CT molecular complexity index is 646. The van der Waals surface area contributed by atoms with Crippen LogP contribution < -0.4 is 0 Å². The summed E-state index contributed by atoms with van der Waals surface area (Å²) in [5.74, 6) is 1.00. The predicted molar refractivity (Wildman–Crippen MR) is 90.4 cm³/mol. The van der Waals surface area contributed by atoms with Gasteiger partial charge in [0, 0.05) is 17.8 Å². The molecule has 0 radical (unpaired) electrons. The van der Waals surface area contributed by atoms with E-state index in [2.05, 4.69) is 27.5 Å². The van der Waals surface area contributed by atoms with Crippen LogP contribution in [0.25, 0.3) is 11.2 Å². The van der Waals surface area contributed by atoms with Gasteiger partial charge in [0.15, 0.2) is 5.65 Å². The van der Waals surface area contributed by atoms with Gasteiger partial charge in [-0.1, -0.05) is 0 Å². The van der Waals surface area contributed by atoms with E-state index in [1.165, 1.54) is 19.3 Å². The van der Waals surface area contributed by atoms with Crippen LogP contribution in [0.5, 0.6) is 0 Å². The van der Waals surface area contributed by atoms with Crippen LogP contribution in [0.2, 0.25) is 0 Å². The van der Waals surface area contributed by atoms with Crippen LogP contribution in [-0.4, -0.2) is 30.8 Å². The predicted octanol–water partition coefficient (Wildman–Crippen LogP) is 4.32. The number of aryl methyl sites for hydroxylation is 2. The van der Waals surface area contributed by atoms with E-state index in [0.717, 1.165) is 34.5 Å². The van der Waals surface area contributed by atoms with E-state index < -0.39 is 0 Å². The lowest BCUT2D eigenvalue weighted by atomic mass is 10.2. The molecule has 3 atom stereocenters. The summed E-state index contributed by atoms with van der Waals surface area (Å²) in [6.07, 6.45) is 5.90. The summed E-state index contributed by atoms with van der Waals surface area (Å²) in [5, 5.41) is 5.31. The standard InChI is InChI=1S/C15H23ClN4S/c1-5-19-15-13(10(3)18-19)17-14(9(2)16)20(15)11-6-7-12(8-11)21-4/h9,11-12H,5-8H2,1-4H3. The first-order valence-electron chi connectivity index (χ1n) is 7.68. The number of hydrogen-bond donors (Lipinski definition) is 0. The third-order valence-electron chi connectivity index (χ3n) is 4.48. The van der Waals surface area contributed by atoms with E-state index in [1.807, 2.05) is 25.6 Å². The molecular weight excluding hydrogens is 304 g/mol. The second-order valence-electron chi connectivity index (χ2n) is 5.85. The number of halogens is 1. The monoisotopic (exact) mass is 326 g/mol. The van der Waals surface area contributed by atoms with Gasteiger partial charge in [0.25, 0.3) is 0 Å². The van der Waals surface area contributed by atoms with Crippen molar-refractivity contribution in [3.05, 3.63) is 11.5 Å². The molecule has 0 amide bonds. The lowest BCUT2D eigenvalue weighted by Gasteiger charge is -2.18. The summed E-state index contributed by atoms with van der Waals surface area (Å²) in [6, 6.07) is 0.505. The van der Waals surface area contributed by atoms with E-state index in [4.69, 9.17) is 16.6 Å². The van der Waals surface area contributed by atoms with Crippen molar-refractivity contribution in [3.63, 3.8) is 0 Å². The second-order valence-corrected chi connectivity index (χ2v) is 7.65. The van der Waals surface area contributed by atoms with Crippen LogP contribution >= 0.6 is 23.4 Å². The summed E-state index contributed by atoms with van der Waals surface area (Å²) < 4.78 is 4.46. The average molecular weight is 327 g/mol. The van der Waals surface area contributed by atoms with Crippen molar-refractivity contribution >= 4 is 34.5 Å². The molecule has 1 aliphatic rings. The average Bonchev–Trinajstić information content (AvgIpc) is 3.13. The van der Waals surface area contributed by atoms with E-state index in [0.29, 0.717) is 6.04 Å². The molecular formula is C15H23ClN4S. The van der Waals surface area contributed by atoms with Crippen molar-refractivity contribution in [3.8, 4) is 0 Å². The molecule has 21 heavy (non-hydrogen) atoms. The first kappa shape index (κ1) is 15.2. The van der Waals surface area contributed by atoms with Gasteiger partial charge in [-0.3, -0.25) is 0 Å². The Morgan fingerprint density at radius 2 is 2.19 bits per heavy atom. The van der Waals surface area contributed by atoms with Crippen molar-refractivity contribution < 1.29 is 0 Å². The molecule has 0 N–H and O–H groups in total. The first-order chi connectivity index (χ1) is 10.1. The molecule has 3 rings (SSSR count). The zero-order valence-corrected chi connectivity index (χ0v) is 14.7. The molecule has 4 nitrogen and oxygen atoms in total. The van der Waals surface area contributed by atoms with Gasteiger partial charge < -0.3 is 4.57 Å². The Labute approximate surface area is 135 Å². The first-order valence-corrected chi connectivity index (χ1v) is 9.41. The summed E-state index contributed by atoms with van der Waals surface area (Å²) >= 11 is 8.39. The molecule has 2 aromatic heterocycles. The zero-order chi connectivity index (χ0) is 15.1.